The van der Waals surface area contributed by atoms with E-state index < -0.39 is 0 Å². The molecule has 0 saturated carbocycles. The van der Waals surface area contributed by atoms with Crippen LogP contribution in [-0.2, 0) is 6.42 Å². The molecule has 1 aliphatic rings. The van der Waals surface area contributed by atoms with Crippen molar-refractivity contribution >= 4 is 40.8 Å². The highest BCUT2D eigenvalue weighted by molar-refractivity contribution is 6.36. The van der Waals surface area contributed by atoms with E-state index in [2.05, 4.69) is 0 Å². The number of nitrogens with zero attached hydrogens (tertiary/aromatic N) is 3. The summed E-state index contributed by atoms with van der Waals surface area (Å²) in [6, 6.07) is 12.7. The standard InChI is InChI=1S/C21H18Cl3N3O/c1-12(2)26-10-9-18-25-19(16-8-7-15(23)11-17(16)24)20(27(18)21(26)28)13-3-5-14(22)6-4-13/h3-8,11-12H,9-10H2,1-2H3. The van der Waals surface area contributed by atoms with Gasteiger partial charge in [-0.3, -0.25) is 0 Å². The van der Waals surface area contributed by atoms with Crippen LogP contribution in [0.25, 0.3) is 22.5 Å². The van der Waals surface area contributed by atoms with Gasteiger partial charge in [-0.2, -0.15) is 0 Å². The highest BCUT2D eigenvalue weighted by Crippen LogP contribution is 2.39. The first-order valence-electron chi connectivity index (χ1n) is 9.00. The predicted molar refractivity (Wildman–Crippen MR) is 114 cm³/mol. The van der Waals surface area contributed by atoms with Crippen LogP contribution < -0.4 is 0 Å². The van der Waals surface area contributed by atoms with Crippen molar-refractivity contribution in [2.24, 2.45) is 0 Å². The van der Waals surface area contributed by atoms with E-state index >= 15 is 0 Å². The first-order chi connectivity index (χ1) is 13.4. The molecule has 0 aliphatic carbocycles. The number of hydrogen-bond acceptors (Lipinski definition) is 2. The molecule has 0 radical (unpaired) electrons. The molecule has 2 aromatic carbocycles. The molecular formula is C21H18Cl3N3O. The molecule has 7 heteroatoms. The fourth-order valence-corrected chi connectivity index (χ4v) is 4.13. The highest BCUT2D eigenvalue weighted by Gasteiger charge is 2.32. The molecule has 1 aromatic heterocycles. The summed E-state index contributed by atoms with van der Waals surface area (Å²) in [6.45, 7) is 4.67. The van der Waals surface area contributed by atoms with Crippen LogP contribution in [0, 0.1) is 0 Å². The van der Waals surface area contributed by atoms with Gasteiger partial charge in [0.1, 0.15) is 5.82 Å². The van der Waals surface area contributed by atoms with Crippen LogP contribution in [0.5, 0.6) is 0 Å². The first-order valence-corrected chi connectivity index (χ1v) is 10.1. The van der Waals surface area contributed by atoms with Crippen molar-refractivity contribution in [2.75, 3.05) is 6.54 Å². The molecular weight excluding hydrogens is 417 g/mol. The number of rotatable bonds is 3. The molecule has 0 spiro atoms. The Morgan fingerprint density at radius 1 is 1.00 bits per heavy atom. The summed E-state index contributed by atoms with van der Waals surface area (Å²) in [4.78, 5) is 19.9. The molecule has 28 heavy (non-hydrogen) atoms. The van der Waals surface area contributed by atoms with Crippen LogP contribution in [0.2, 0.25) is 15.1 Å². The number of benzene rings is 2. The van der Waals surface area contributed by atoms with Crippen LogP contribution in [0.4, 0.5) is 4.79 Å². The van der Waals surface area contributed by atoms with Gasteiger partial charge < -0.3 is 4.90 Å². The number of aromatic nitrogens is 2. The van der Waals surface area contributed by atoms with Gasteiger partial charge in [0.15, 0.2) is 0 Å². The van der Waals surface area contributed by atoms with Gasteiger partial charge in [0.2, 0.25) is 0 Å². The Balaban J connectivity index is 1.98. The van der Waals surface area contributed by atoms with Gasteiger partial charge in [0.25, 0.3) is 0 Å². The van der Waals surface area contributed by atoms with Gasteiger partial charge in [-0.25, -0.2) is 14.3 Å². The number of halogens is 3. The monoisotopic (exact) mass is 433 g/mol. The van der Waals surface area contributed by atoms with Crippen molar-refractivity contribution in [1.82, 2.24) is 14.5 Å². The van der Waals surface area contributed by atoms with Gasteiger partial charge in [-0.15, -0.1) is 0 Å². The number of carbonyl (C=O) groups excluding carboxylic acids is 1. The minimum Gasteiger partial charge on any atom is -0.321 e. The molecule has 4 nitrogen and oxygen atoms in total. The Kier molecular flexibility index (Phi) is 5.13. The Labute approximate surface area is 178 Å². The summed E-state index contributed by atoms with van der Waals surface area (Å²) >= 11 is 18.6. The lowest BCUT2D eigenvalue weighted by Gasteiger charge is -2.31. The molecule has 1 aliphatic heterocycles. The summed E-state index contributed by atoms with van der Waals surface area (Å²) in [5.74, 6) is 0.730. The number of imidazole rings is 1. The Hall–Kier alpha value is -2.01. The third-order valence-electron chi connectivity index (χ3n) is 4.89. The molecule has 0 bridgehead atoms. The average molecular weight is 435 g/mol. The fourth-order valence-electron chi connectivity index (χ4n) is 3.51. The molecule has 0 saturated heterocycles. The maximum atomic E-state index is 13.3. The number of carbonyl (C=O) groups is 1. The summed E-state index contributed by atoms with van der Waals surface area (Å²) < 4.78 is 1.70. The van der Waals surface area contributed by atoms with Crippen LogP contribution in [0.3, 0.4) is 0 Å². The summed E-state index contributed by atoms with van der Waals surface area (Å²) in [6.07, 6.45) is 0.676. The van der Waals surface area contributed by atoms with E-state index in [-0.39, 0.29) is 12.1 Å². The zero-order chi connectivity index (χ0) is 20.0. The maximum Gasteiger partial charge on any atom is 0.330 e. The second-order valence-electron chi connectivity index (χ2n) is 7.01. The van der Waals surface area contributed by atoms with Gasteiger partial charge in [-0.05, 0) is 44.2 Å². The Morgan fingerprint density at radius 3 is 2.32 bits per heavy atom. The fraction of sp³-hybridized carbons (Fsp3) is 0.238. The maximum absolute atomic E-state index is 13.3. The molecule has 144 valence electrons. The molecule has 3 aromatic rings. The minimum absolute atomic E-state index is 0.0787. The SMILES string of the molecule is CC(C)N1CCc2nc(-c3ccc(Cl)cc3Cl)c(-c3ccc(Cl)cc3)n2C1=O. The third kappa shape index (κ3) is 3.30. The van der Waals surface area contributed by atoms with Crippen molar-refractivity contribution in [2.45, 2.75) is 26.3 Å². The second kappa shape index (κ2) is 7.43. The molecule has 0 N–H and O–H groups in total. The van der Waals surface area contributed by atoms with Gasteiger partial charge in [0.05, 0.1) is 16.4 Å². The molecule has 0 fully saturated rings. The van der Waals surface area contributed by atoms with E-state index in [0.717, 1.165) is 17.0 Å². The molecule has 1 amide bonds. The minimum atomic E-state index is -0.0787. The van der Waals surface area contributed by atoms with E-state index in [1.165, 1.54) is 0 Å². The lowest BCUT2D eigenvalue weighted by atomic mass is 10.0. The highest BCUT2D eigenvalue weighted by atomic mass is 35.5. The summed E-state index contributed by atoms with van der Waals surface area (Å²) in [7, 11) is 0. The smallest absolute Gasteiger partial charge is 0.321 e. The van der Waals surface area contributed by atoms with Crippen LogP contribution >= 0.6 is 34.8 Å². The van der Waals surface area contributed by atoms with E-state index in [0.29, 0.717) is 39.4 Å². The van der Waals surface area contributed by atoms with Crippen molar-refractivity contribution in [1.29, 1.82) is 0 Å². The van der Waals surface area contributed by atoms with E-state index in [4.69, 9.17) is 39.8 Å². The average Bonchev–Trinajstić information content (AvgIpc) is 3.02. The summed E-state index contributed by atoms with van der Waals surface area (Å²) in [5.41, 5.74) is 2.97. The van der Waals surface area contributed by atoms with Crippen molar-refractivity contribution in [3.8, 4) is 22.5 Å². The van der Waals surface area contributed by atoms with Crippen molar-refractivity contribution in [3.63, 3.8) is 0 Å². The van der Waals surface area contributed by atoms with E-state index in [1.54, 1.807) is 28.8 Å². The molecule has 0 atom stereocenters. The molecule has 0 unspecified atom stereocenters. The lowest BCUT2D eigenvalue weighted by Crippen LogP contribution is -2.45. The molecule has 4 rings (SSSR count). The van der Waals surface area contributed by atoms with Gasteiger partial charge >= 0.3 is 6.03 Å². The van der Waals surface area contributed by atoms with E-state index in [1.807, 2.05) is 36.9 Å². The normalized spacial score (nSPS) is 13.9. The van der Waals surface area contributed by atoms with E-state index in [9.17, 15) is 4.79 Å². The van der Waals surface area contributed by atoms with Gasteiger partial charge in [0, 0.05) is 40.2 Å². The predicted octanol–water partition coefficient (Wildman–Crippen LogP) is 6.41. The number of fused-ring (bicyclic) bond motifs is 1. The van der Waals surface area contributed by atoms with Crippen molar-refractivity contribution < 1.29 is 4.79 Å². The lowest BCUT2D eigenvalue weighted by molar-refractivity contribution is 0.177. The Morgan fingerprint density at radius 2 is 1.68 bits per heavy atom. The van der Waals surface area contributed by atoms with Gasteiger partial charge in [-0.1, -0.05) is 46.9 Å². The van der Waals surface area contributed by atoms with Crippen LogP contribution in [-0.4, -0.2) is 33.1 Å². The topological polar surface area (TPSA) is 38.1 Å². The van der Waals surface area contributed by atoms with Crippen molar-refractivity contribution in [3.05, 3.63) is 63.4 Å². The Bertz CT molecular complexity index is 1060. The second-order valence-corrected chi connectivity index (χ2v) is 8.29. The largest absolute Gasteiger partial charge is 0.330 e. The first kappa shape index (κ1) is 19.3. The molecule has 2 heterocycles. The van der Waals surface area contributed by atoms with Crippen LogP contribution in [0.15, 0.2) is 42.5 Å². The zero-order valence-corrected chi connectivity index (χ0v) is 17.7. The number of amides is 1. The zero-order valence-electron chi connectivity index (χ0n) is 15.4. The third-order valence-corrected chi connectivity index (χ3v) is 5.69. The number of hydrogen-bond donors (Lipinski definition) is 0. The van der Waals surface area contributed by atoms with Crippen LogP contribution in [0.1, 0.15) is 19.7 Å². The quantitative estimate of drug-likeness (QED) is 0.477. The summed E-state index contributed by atoms with van der Waals surface area (Å²) in [5, 5.41) is 1.67.